The van der Waals surface area contributed by atoms with Crippen molar-refractivity contribution in [2.24, 2.45) is 0 Å². The first kappa shape index (κ1) is 22.8. The lowest BCUT2D eigenvalue weighted by atomic mass is 10.2. The third-order valence-electron chi connectivity index (χ3n) is 5.02. The minimum atomic E-state index is -0.0631. The van der Waals surface area contributed by atoms with Crippen LogP contribution in [-0.4, -0.2) is 41.3 Å². The van der Waals surface area contributed by atoms with Crippen LogP contribution in [0.2, 0.25) is 0 Å². The minimum absolute atomic E-state index is 0.0631. The fraction of sp³-hybridized carbons (Fsp3) is 0.125. The highest BCUT2D eigenvalue weighted by molar-refractivity contribution is 9.10. The van der Waals surface area contributed by atoms with Gasteiger partial charge in [0.2, 0.25) is 5.16 Å². The van der Waals surface area contributed by atoms with Crippen LogP contribution >= 0.6 is 39.5 Å². The highest BCUT2D eigenvalue weighted by Gasteiger charge is 2.14. The molecule has 0 aliphatic rings. The van der Waals surface area contributed by atoms with Crippen LogP contribution < -0.4 is 5.56 Å². The molecule has 3 aromatic carbocycles. The second-order valence-electron chi connectivity index (χ2n) is 7.29. The van der Waals surface area contributed by atoms with Gasteiger partial charge in [-0.3, -0.25) is 9.36 Å². The molecule has 0 aliphatic carbocycles. The molecule has 0 aliphatic heterocycles. The van der Waals surface area contributed by atoms with Crippen molar-refractivity contribution in [3.63, 3.8) is 0 Å². The van der Waals surface area contributed by atoms with Gasteiger partial charge < -0.3 is 0 Å². The molecule has 0 fully saturated rings. The number of nitrogens with zero attached hydrogens (tertiary/aromatic N) is 6. The van der Waals surface area contributed by atoms with Crippen molar-refractivity contribution < 1.29 is 0 Å². The van der Waals surface area contributed by atoms with E-state index >= 15 is 0 Å². The van der Waals surface area contributed by atoms with Gasteiger partial charge in [-0.2, -0.15) is 4.68 Å². The second kappa shape index (κ2) is 10.5. The maximum atomic E-state index is 13.3. The smallest absolute Gasteiger partial charge is 0.266 e. The average molecular weight is 551 g/mol. The molecular formula is C24H19BrN6OS2. The Hall–Kier alpha value is -2.95. The molecule has 34 heavy (non-hydrogen) atoms. The Bertz CT molecular complexity index is 1470. The number of thioether (sulfide) groups is 2. The number of halogens is 1. The SMILES string of the molecule is O=c1c2ccccc2nc(SCCCSc2nnnn2-c2ccccc2)n1-c1ccc(Br)cc1. The Morgan fingerprint density at radius 2 is 1.50 bits per heavy atom. The molecule has 0 spiro atoms. The summed E-state index contributed by atoms with van der Waals surface area (Å²) in [6.07, 6.45) is 0.903. The number of hydrogen-bond acceptors (Lipinski definition) is 7. The molecule has 10 heteroatoms. The van der Waals surface area contributed by atoms with E-state index in [9.17, 15) is 4.79 Å². The summed E-state index contributed by atoms with van der Waals surface area (Å²) >= 11 is 6.66. The van der Waals surface area contributed by atoms with Crippen LogP contribution in [0.1, 0.15) is 6.42 Å². The minimum Gasteiger partial charge on any atom is -0.268 e. The molecule has 0 atom stereocenters. The Balaban J connectivity index is 1.31. The predicted octanol–water partition coefficient (Wildman–Crippen LogP) is 5.40. The summed E-state index contributed by atoms with van der Waals surface area (Å²) < 4.78 is 4.40. The first-order valence-corrected chi connectivity index (χ1v) is 13.3. The molecular weight excluding hydrogens is 532 g/mol. The average Bonchev–Trinajstić information content (AvgIpc) is 3.34. The van der Waals surface area contributed by atoms with E-state index in [0.29, 0.717) is 16.1 Å². The van der Waals surface area contributed by atoms with Gasteiger partial charge in [-0.25, -0.2) is 4.98 Å². The van der Waals surface area contributed by atoms with Crippen molar-refractivity contribution in [3.05, 3.63) is 93.7 Å². The third kappa shape index (κ3) is 4.94. The van der Waals surface area contributed by atoms with Crippen molar-refractivity contribution in [2.45, 2.75) is 16.7 Å². The number of hydrogen-bond donors (Lipinski definition) is 0. The molecule has 5 rings (SSSR count). The van der Waals surface area contributed by atoms with E-state index in [4.69, 9.17) is 4.98 Å². The largest absolute Gasteiger partial charge is 0.268 e. The lowest BCUT2D eigenvalue weighted by Gasteiger charge is -2.13. The monoisotopic (exact) mass is 550 g/mol. The maximum Gasteiger partial charge on any atom is 0.266 e. The van der Waals surface area contributed by atoms with Crippen LogP contribution in [0.5, 0.6) is 0 Å². The van der Waals surface area contributed by atoms with Gasteiger partial charge >= 0.3 is 0 Å². The molecule has 170 valence electrons. The van der Waals surface area contributed by atoms with Crippen LogP contribution in [0.4, 0.5) is 0 Å². The van der Waals surface area contributed by atoms with E-state index in [1.54, 1.807) is 32.8 Å². The quantitative estimate of drug-likeness (QED) is 0.145. The van der Waals surface area contributed by atoms with E-state index < -0.39 is 0 Å². The number of aromatic nitrogens is 6. The molecule has 7 nitrogen and oxygen atoms in total. The van der Waals surface area contributed by atoms with Gasteiger partial charge in [-0.15, -0.1) is 5.10 Å². The summed E-state index contributed by atoms with van der Waals surface area (Å²) in [6.45, 7) is 0. The first-order valence-electron chi connectivity index (χ1n) is 10.6. The normalized spacial score (nSPS) is 11.2. The summed E-state index contributed by atoms with van der Waals surface area (Å²) in [4.78, 5) is 18.1. The summed E-state index contributed by atoms with van der Waals surface area (Å²) in [6, 6.07) is 25.0. The predicted molar refractivity (Wildman–Crippen MR) is 140 cm³/mol. The molecule has 0 radical (unpaired) electrons. The van der Waals surface area contributed by atoms with Gasteiger partial charge in [-0.1, -0.05) is 69.8 Å². The van der Waals surface area contributed by atoms with Gasteiger partial charge in [0.05, 0.1) is 22.3 Å². The van der Waals surface area contributed by atoms with Crippen molar-refractivity contribution in [3.8, 4) is 11.4 Å². The highest BCUT2D eigenvalue weighted by Crippen LogP contribution is 2.25. The molecule has 0 unspecified atom stereocenters. The number of fused-ring (bicyclic) bond motifs is 1. The first-order chi connectivity index (χ1) is 16.7. The number of para-hydroxylation sites is 2. The van der Waals surface area contributed by atoms with Gasteiger partial charge in [-0.05, 0) is 65.4 Å². The van der Waals surface area contributed by atoms with Crippen LogP contribution in [-0.2, 0) is 0 Å². The molecule has 0 N–H and O–H groups in total. The van der Waals surface area contributed by atoms with Crippen molar-refractivity contribution in [2.75, 3.05) is 11.5 Å². The zero-order valence-corrected chi connectivity index (χ0v) is 21.1. The fourth-order valence-electron chi connectivity index (χ4n) is 3.41. The summed E-state index contributed by atoms with van der Waals surface area (Å²) in [7, 11) is 0. The molecule has 2 heterocycles. The Kier molecular flexibility index (Phi) is 7.08. The molecule has 0 saturated heterocycles. The van der Waals surface area contributed by atoms with Crippen molar-refractivity contribution in [1.29, 1.82) is 0 Å². The standard InChI is InChI=1S/C24H19BrN6OS2/c25-17-11-13-18(14-12-17)30-22(32)20-9-4-5-10-21(20)26-23(30)33-15-6-16-34-24-27-28-29-31(24)19-7-2-1-3-8-19/h1-5,7-14H,6,15-16H2. The van der Waals surface area contributed by atoms with Crippen LogP contribution in [0.25, 0.3) is 22.3 Å². The Morgan fingerprint density at radius 3 is 2.29 bits per heavy atom. The molecule has 0 bridgehead atoms. The van der Waals surface area contributed by atoms with Gasteiger partial charge in [0.1, 0.15) is 0 Å². The van der Waals surface area contributed by atoms with E-state index in [-0.39, 0.29) is 5.56 Å². The second-order valence-corrected chi connectivity index (χ2v) is 10.3. The zero-order chi connectivity index (χ0) is 23.3. The molecule has 0 amide bonds. The third-order valence-corrected chi connectivity index (χ3v) is 7.58. The maximum absolute atomic E-state index is 13.3. The van der Waals surface area contributed by atoms with Gasteiger partial charge in [0.25, 0.3) is 5.56 Å². The fourth-order valence-corrected chi connectivity index (χ4v) is 5.64. The van der Waals surface area contributed by atoms with Crippen LogP contribution in [0.15, 0.2) is 98.4 Å². The number of tetrazole rings is 1. The number of rotatable bonds is 8. The highest BCUT2D eigenvalue weighted by atomic mass is 79.9. The molecule has 0 saturated carbocycles. The lowest BCUT2D eigenvalue weighted by Crippen LogP contribution is -2.21. The van der Waals surface area contributed by atoms with Crippen molar-refractivity contribution in [1.82, 2.24) is 29.8 Å². The lowest BCUT2D eigenvalue weighted by molar-refractivity contribution is 0.756. The Labute approximate surface area is 212 Å². The summed E-state index contributed by atoms with van der Waals surface area (Å²) in [5.74, 6) is 1.65. The Morgan fingerprint density at radius 1 is 0.794 bits per heavy atom. The van der Waals surface area contributed by atoms with Crippen molar-refractivity contribution >= 4 is 50.4 Å². The zero-order valence-electron chi connectivity index (χ0n) is 17.9. The number of benzene rings is 3. The van der Waals surface area contributed by atoms with E-state index in [1.165, 1.54) is 0 Å². The molecule has 2 aromatic heterocycles. The summed E-state index contributed by atoms with van der Waals surface area (Å²) in [5, 5.41) is 14.1. The van der Waals surface area contributed by atoms with Crippen LogP contribution in [0.3, 0.4) is 0 Å². The van der Waals surface area contributed by atoms with Crippen LogP contribution in [0, 0.1) is 0 Å². The van der Waals surface area contributed by atoms with E-state index in [2.05, 4.69) is 31.5 Å². The van der Waals surface area contributed by atoms with Gasteiger partial charge in [0.15, 0.2) is 5.16 Å². The van der Waals surface area contributed by atoms with E-state index in [0.717, 1.165) is 38.9 Å². The molecule has 5 aromatic rings. The topological polar surface area (TPSA) is 78.5 Å². The van der Waals surface area contributed by atoms with E-state index in [1.807, 2.05) is 78.9 Å². The summed E-state index contributed by atoms with van der Waals surface area (Å²) in [5.41, 5.74) is 2.38. The van der Waals surface area contributed by atoms with Gasteiger partial charge in [0, 0.05) is 16.0 Å².